The topological polar surface area (TPSA) is 26.0 Å². The van der Waals surface area contributed by atoms with Gasteiger partial charge in [-0.05, 0) is 24.6 Å². The van der Waals surface area contributed by atoms with Gasteiger partial charge in [0, 0.05) is 5.02 Å². The number of alkyl halides is 3. The van der Waals surface area contributed by atoms with Crippen molar-refractivity contribution in [3.8, 4) is 0 Å². The number of nitrogens with two attached hydrogens (primary N) is 1. The molecule has 0 fully saturated rings. The SMILES string of the molecule is C[C@](N)(c1ccc(Cl)cc1)C(F)(F)F. The van der Waals surface area contributed by atoms with Crippen molar-refractivity contribution in [3.63, 3.8) is 0 Å². The Hall–Kier alpha value is -0.740. The largest absolute Gasteiger partial charge is 0.410 e. The highest BCUT2D eigenvalue weighted by atomic mass is 35.5. The normalized spacial score (nSPS) is 16.4. The summed E-state index contributed by atoms with van der Waals surface area (Å²) in [6.07, 6.45) is -4.47. The zero-order valence-corrected chi connectivity index (χ0v) is 8.15. The van der Waals surface area contributed by atoms with Crippen LogP contribution in [0, 0.1) is 0 Å². The predicted molar refractivity (Wildman–Crippen MR) is 49.0 cm³/mol. The van der Waals surface area contributed by atoms with Crippen LogP contribution in [0.1, 0.15) is 12.5 Å². The molecule has 14 heavy (non-hydrogen) atoms. The lowest BCUT2D eigenvalue weighted by Crippen LogP contribution is -2.47. The minimum absolute atomic E-state index is 0.00519. The van der Waals surface area contributed by atoms with Gasteiger partial charge in [0.15, 0.2) is 0 Å². The van der Waals surface area contributed by atoms with Gasteiger partial charge in [-0.1, -0.05) is 23.7 Å². The Morgan fingerprint density at radius 1 is 1.14 bits per heavy atom. The van der Waals surface area contributed by atoms with Crippen molar-refractivity contribution >= 4 is 11.6 Å². The smallest absolute Gasteiger partial charge is 0.314 e. The minimum Gasteiger partial charge on any atom is -0.314 e. The van der Waals surface area contributed by atoms with E-state index in [2.05, 4.69) is 0 Å². The van der Waals surface area contributed by atoms with Crippen molar-refractivity contribution < 1.29 is 13.2 Å². The van der Waals surface area contributed by atoms with Crippen LogP contribution in [-0.2, 0) is 5.54 Å². The third-order valence-electron chi connectivity index (χ3n) is 2.03. The summed E-state index contributed by atoms with van der Waals surface area (Å²) in [5, 5.41) is 0.381. The first-order valence-electron chi connectivity index (χ1n) is 3.87. The van der Waals surface area contributed by atoms with Crippen molar-refractivity contribution in [1.29, 1.82) is 0 Å². The summed E-state index contributed by atoms with van der Waals surface area (Å²) in [5.74, 6) is 0. The molecule has 1 rings (SSSR count). The van der Waals surface area contributed by atoms with Crippen molar-refractivity contribution in [3.05, 3.63) is 34.9 Å². The Kier molecular flexibility index (Phi) is 2.78. The summed E-state index contributed by atoms with van der Waals surface area (Å²) in [5.41, 5.74) is 2.86. The second kappa shape index (κ2) is 3.44. The molecule has 1 aromatic rings. The molecule has 0 unspecified atom stereocenters. The van der Waals surface area contributed by atoms with Gasteiger partial charge in [-0.3, -0.25) is 0 Å². The predicted octanol–water partition coefficient (Wildman–Crippen LogP) is 3.08. The van der Waals surface area contributed by atoms with E-state index in [-0.39, 0.29) is 5.56 Å². The molecule has 78 valence electrons. The van der Waals surface area contributed by atoms with Gasteiger partial charge in [0.05, 0.1) is 0 Å². The molecule has 0 saturated heterocycles. The lowest BCUT2D eigenvalue weighted by molar-refractivity contribution is -0.184. The first-order valence-corrected chi connectivity index (χ1v) is 4.24. The maximum absolute atomic E-state index is 12.5. The summed E-state index contributed by atoms with van der Waals surface area (Å²) >= 11 is 5.55. The molecule has 0 heterocycles. The Balaban J connectivity index is 3.10. The van der Waals surface area contributed by atoms with E-state index in [1.54, 1.807) is 0 Å². The minimum atomic E-state index is -4.47. The number of rotatable bonds is 1. The number of benzene rings is 1. The van der Waals surface area contributed by atoms with Gasteiger partial charge in [-0.2, -0.15) is 13.2 Å². The van der Waals surface area contributed by atoms with Crippen LogP contribution < -0.4 is 5.73 Å². The summed E-state index contributed by atoms with van der Waals surface area (Å²) < 4.78 is 37.4. The average Bonchev–Trinajstić information content (AvgIpc) is 2.03. The third kappa shape index (κ3) is 2.01. The molecule has 5 heteroatoms. The van der Waals surface area contributed by atoms with E-state index in [9.17, 15) is 13.2 Å². The van der Waals surface area contributed by atoms with Crippen molar-refractivity contribution in [2.75, 3.05) is 0 Å². The molecule has 0 bridgehead atoms. The van der Waals surface area contributed by atoms with E-state index in [4.69, 9.17) is 17.3 Å². The summed E-state index contributed by atoms with van der Waals surface area (Å²) in [4.78, 5) is 0. The van der Waals surface area contributed by atoms with Crippen LogP contribution in [0.2, 0.25) is 5.02 Å². The second-order valence-corrected chi connectivity index (χ2v) is 3.64. The molecule has 1 aromatic carbocycles. The standard InChI is InChI=1S/C9H9ClF3N/c1-8(14,9(11,12)13)6-2-4-7(10)5-3-6/h2-5H,14H2,1H3/t8-/m0/s1. The Labute approximate surface area is 84.7 Å². The van der Waals surface area contributed by atoms with E-state index < -0.39 is 11.7 Å². The van der Waals surface area contributed by atoms with E-state index in [1.807, 2.05) is 0 Å². The molecule has 0 aliphatic carbocycles. The second-order valence-electron chi connectivity index (χ2n) is 3.21. The van der Waals surface area contributed by atoms with E-state index in [0.717, 1.165) is 6.92 Å². The lowest BCUT2D eigenvalue weighted by Gasteiger charge is -2.27. The highest BCUT2D eigenvalue weighted by Crippen LogP contribution is 2.36. The quantitative estimate of drug-likeness (QED) is 0.778. The van der Waals surface area contributed by atoms with Gasteiger partial charge < -0.3 is 5.73 Å². The van der Waals surface area contributed by atoms with Crippen LogP contribution in [0.5, 0.6) is 0 Å². The first kappa shape index (κ1) is 11.3. The molecule has 1 nitrogen and oxygen atoms in total. The molecule has 0 radical (unpaired) electrons. The van der Waals surface area contributed by atoms with Gasteiger partial charge in [0.2, 0.25) is 0 Å². The molecule has 0 aliphatic heterocycles. The van der Waals surface area contributed by atoms with Gasteiger partial charge in [0.1, 0.15) is 5.54 Å². The fourth-order valence-electron chi connectivity index (χ4n) is 0.960. The summed E-state index contributed by atoms with van der Waals surface area (Å²) in [6.45, 7) is 0.927. The number of halogens is 4. The fraction of sp³-hybridized carbons (Fsp3) is 0.333. The van der Waals surface area contributed by atoms with E-state index in [0.29, 0.717) is 5.02 Å². The molecule has 0 aliphatic rings. The molecule has 2 N–H and O–H groups in total. The third-order valence-corrected chi connectivity index (χ3v) is 2.28. The molecule has 1 atom stereocenters. The Morgan fingerprint density at radius 3 is 1.93 bits per heavy atom. The zero-order valence-electron chi connectivity index (χ0n) is 7.40. The van der Waals surface area contributed by atoms with Gasteiger partial charge >= 0.3 is 6.18 Å². The number of hydrogen-bond donors (Lipinski definition) is 1. The van der Waals surface area contributed by atoms with Gasteiger partial charge in [-0.15, -0.1) is 0 Å². The van der Waals surface area contributed by atoms with E-state index >= 15 is 0 Å². The highest BCUT2D eigenvalue weighted by Gasteiger charge is 2.49. The summed E-state index contributed by atoms with van der Waals surface area (Å²) in [6, 6.07) is 5.31. The van der Waals surface area contributed by atoms with Gasteiger partial charge in [-0.25, -0.2) is 0 Å². The van der Waals surface area contributed by atoms with Crippen LogP contribution in [0.4, 0.5) is 13.2 Å². The first-order chi connectivity index (χ1) is 6.25. The molecule has 0 aromatic heterocycles. The van der Waals surface area contributed by atoms with Crippen molar-refractivity contribution in [2.45, 2.75) is 18.6 Å². The molecule has 0 spiro atoms. The van der Waals surface area contributed by atoms with Crippen molar-refractivity contribution in [2.24, 2.45) is 5.73 Å². The lowest BCUT2D eigenvalue weighted by atomic mass is 9.93. The van der Waals surface area contributed by atoms with E-state index in [1.165, 1.54) is 24.3 Å². The molecule has 0 amide bonds. The van der Waals surface area contributed by atoms with Gasteiger partial charge in [0.25, 0.3) is 0 Å². The Morgan fingerprint density at radius 2 is 1.57 bits per heavy atom. The molecular weight excluding hydrogens is 215 g/mol. The van der Waals surface area contributed by atoms with Crippen LogP contribution >= 0.6 is 11.6 Å². The molecule has 0 saturated carbocycles. The van der Waals surface area contributed by atoms with Crippen LogP contribution in [-0.4, -0.2) is 6.18 Å². The van der Waals surface area contributed by atoms with Crippen LogP contribution in [0.3, 0.4) is 0 Å². The Bertz CT molecular complexity index is 316. The number of hydrogen-bond acceptors (Lipinski definition) is 1. The highest BCUT2D eigenvalue weighted by molar-refractivity contribution is 6.30. The fourth-order valence-corrected chi connectivity index (χ4v) is 1.09. The zero-order chi connectivity index (χ0) is 11.0. The van der Waals surface area contributed by atoms with Crippen LogP contribution in [0.15, 0.2) is 24.3 Å². The maximum Gasteiger partial charge on any atom is 0.410 e. The summed E-state index contributed by atoms with van der Waals surface area (Å²) in [7, 11) is 0. The monoisotopic (exact) mass is 223 g/mol. The van der Waals surface area contributed by atoms with Crippen molar-refractivity contribution in [1.82, 2.24) is 0 Å². The maximum atomic E-state index is 12.5. The van der Waals surface area contributed by atoms with Crippen LogP contribution in [0.25, 0.3) is 0 Å². The average molecular weight is 224 g/mol. The molecular formula is C9H9ClF3N.